The molecule has 0 atom stereocenters. The third kappa shape index (κ3) is 4.97. The summed E-state index contributed by atoms with van der Waals surface area (Å²) in [6.07, 6.45) is 1.15. The SMILES string of the molecule is Cc1ccc(Cl)cc1N(CCC(=O)Nc1ccccc1)S(C)(=O)=O. The van der Waals surface area contributed by atoms with E-state index in [1.807, 2.05) is 18.2 Å². The molecular weight excluding hydrogens is 348 g/mol. The molecule has 2 rings (SSSR count). The molecule has 2 aromatic rings. The van der Waals surface area contributed by atoms with Gasteiger partial charge in [0.15, 0.2) is 0 Å². The second-order valence-electron chi connectivity index (χ2n) is 5.43. The van der Waals surface area contributed by atoms with E-state index in [1.54, 1.807) is 37.3 Å². The summed E-state index contributed by atoms with van der Waals surface area (Å²) < 4.78 is 25.4. The molecule has 0 aromatic heterocycles. The predicted octanol–water partition coefficient (Wildman–Crippen LogP) is 3.44. The molecule has 0 saturated heterocycles. The van der Waals surface area contributed by atoms with Gasteiger partial charge in [-0.1, -0.05) is 35.9 Å². The highest BCUT2D eigenvalue weighted by molar-refractivity contribution is 7.92. The maximum atomic E-state index is 12.1. The number of hydrogen-bond donors (Lipinski definition) is 1. The van der Waals surface area contributed by atoms with Crippen LogP contribution in [0.2, 0.25) is 5.02 Å². The van der Waals surface area contributed by atoms with E-state index in [0.717, 1.165) is 11.8 Å². The number of para-hydroxylation sites is 1. The smallest absolute Gasteiger partial charge is 0.232 e. The van der Waals surface area contributed by atoms with E-state index in [0.29, 0.717) is 16.4 Å². The fraction of sp³-hybridized carbons (Fsp3) is 0.235. The Kier molecular flexibility index (Phi) is 5.85. The van der Waals surface area contributed by atoms with Crippen LogP contribution in [0.3, 0.4) is 0 Å². The van der Waals surface area contributed by atoms with E-state index in [1.165, 1.54) is 4.31 Å². The van der Waals surface area contributed by atoms with Crippen LogP contribution in [0, 0.1) is 6.92 Å². The normalized spacial score (nSPS) is 11.1. The van der Waals surface area contributed by atoms with Crippen LogP contribution >= 0.6 is 11.6 Å². The number of anilines is 2. The average Bonchev–Trinajstić information content (AvgIpc) is 2.50. The molecule has 1 N–H and O–H groups in total. The lowest BCUT2D eigenvalue weighted by atomic mass is 10.2. The minimum absolute atomic E-state index is 0.0356. The number of rotatable bonds is 6. The topological polar surface area (TPSA) is 66.5 Å². The van der Waals surface area contributed by atoms with Crippen molar-refractivity contribution < 1.29 is 13.2 Å². The highest BCUT2D eigenvalue weighted by Crippen LogP contribution is 2.26. The monoisotopic (exact) mass is 366 g/mol. The van der Waals surface area contributed by atoms with Crippen LogP contribution < -0.4 is 9.62 Å². The summed E-state index contributed by atoms with van der Waals surface area (Å²) in [5.74, 6) is -0.255. The van der Waals surface area contributed by atoms with Crippen LogP contribution in [0.5, 0.6) is 0 Å². The molecule has 0 spiro atoms. The molecule has 0 fully saturated rings. The van der Waals surface area contributed by atoms with Gasteiger partial charge in [0.25, 0.3) is 0 Å². The van der Waals surface area contributed by atoms with Crippen molar-refractivity contribution in [1.29, 1.82) is 0 Å². The fourth-order valence-corrected chi connectivity index (χ4v) is 3.41. The minimum Gasteiger partial charge on any atom is -0.326 e. The zero-order valence-electron chi connectivity index (χ0n) is 13.5. The van der Waals surface area contributed by atoms with Gasteiger partial charge in [-0.05, 0) is 36.8 Å². The lowest BCUT2D eigenvalue weighted by Crippen LogP contribution is -2.33. The van der Waals surface area contributed by atoms with Gasteiger partial charge in [-0.15, -0.1) is 0 Å². The Balaban J connectivity index is 2.13. The Morgan fingerprint density at radius 1 is 1.17 bits per heavy atom. The maximum absolute atomic E-state index is 12.1. The number of aryl methyl sites for hydroxylation is 1. The van der Waals surface area contributed by atoms with E-state index in [4.69, 9.17) is 11.6 Å². The van der Waals surface area contributed by atoms with Crippen molar-refractivity contribution in [1.82, 2.24) is 0 Å². The van der Waals surface area contributed by atoms with Crippen LogP contribution in [-0.4, -0.2) is 27.1 Å². The quantitative estimate of drug-likeness (QED) is 0.851. The Morgan fingerprint density at radius 3 is 2.46 bits per heavy atom. The van der Waals surface area contributed by atoms with Crippen LogP contribution in [-0.2, 0) is 14.8 Å². The van der Waals surface area contributed by atoms with Crippen molar-refractivity contribution in [2.45, 2.75) is 13.3 Å². The molecule has 0 heterocycles. The van der Waals surface area contributed by atoms with Crippen molar-refractivity contribution in [3.05, 3.63) is 59.1 Å². The number of nitrogens with one attached hydrogen (secondary N) is 1. The van der Waals surface area contributed by atoms with Gasteiger partial charge in [0, 0.05) is 23.7 Å². The molecule has 0 unspecified atom stereocenters. The molecule has 0 aliphatic heterocycles. The third-order valence-corrected chi connectivity index (χ3v) is 4.85. The largest absolute Gasteiger partial charge is 0.326 e. The Labute approximate surface area is 147 Å². The highest BCUT2D eigenvalue weighted by Gasteiger charge is 2.20. The summed E-state index contributed by atoms with van der Waals surface area (Å²) in [4.78, 5) is 12.1. The molecule has 0 saturated carbocycles. The Morgan fingerprint density at radius 2 is 1.83 bits per heavy atom. The number of halogens is 1. The van der Waals surface area contributed by atoms with E-state index in [-0.39, 0.29) is 18.9 Å². The molecule has 0 bridgehead atoms. The van der Waals surface area contributed by atoms with Gasteiger partial charge in [-0.3, -0.25) is 9.10 Å². The summed E-state index contributed by atoms with van der Waals surface area (Å²) in [5, 5.41) is 3.18. The van der Waals surface area contributed by atoms with E-state index >= 15 is 0 Å². The molecule has 5 nitrogen and oxygen atoms in total. The first kappa shape index (κ1) is 18.3. The van der Waals surface area contributed by atoms with Crippen molar-refractivity contribution in [3.63, 3.8) is 0 Å². The third-order valence-electron chi connectivity index (χ3n) is 3.44. The molecule has 128 valence electrons. The standard InChI is InChI=1S/C17H19ClN2O3S/c1-13-8-9-14(18)12-16(13)20(24(2,22)23)11-10-17(21)19-15-6-4-3-5-7-15/h3-9,12H,10-11H2,1-2H3,(H,19,21). The molecule has 0 radical (unpaired) electrons. The molecule has 2 aromatic carbocycles. The molecule has 24 heavy (non-hydrogen) atoms. The summed E-state index contributed by atoms with van der Waals surface area (Å²) >= 11 is 5.98. The molecule has 0 aliphatic carbocycles. The second kappa shape index (κ2) is 7.68. The zero-order chi connectivity index (χ0) is 17.7. The number of nitrogens with zero attached hydrogens (tertiary/aromatic N) is 1. The molecule has 1 amide bonds. The summed E-state index contributed by atoms with van der Waals surface area (Å²) in [6, 6.07) is 14.1. The summed E-state index contributed by atoms with van der Waals surface area (Å²) in [7, 11) is -3.53. The first-order chi connectivity index (χ1) is 11.3. The number of carbonyl (C=O) groups excluding carboxylic acids is 1. The second-order valence-corrected chi connectivity index (χ2v) is 7.77. The van der Waals surface area contributed by atoms with Gasteiger partial charge in [-0.2, -0.15) is 0 Å². The van der Waals surface area contributed by atoms with Gasteiger partial charge in [0.2, 0.25) is 15.9 Å². The van der Waals surface area contributed by atoms with Crippen molar-refractivity contribution in [2.75, 3.05) is 22.4 Å². The number of benzene rings is 2. The van der Waals surface area contributed by atoms with Crippen LogP contribution in [0.4, 0.5) is 11.4 Å². The first-order valence-corrected chi connectivity index (χ1v) is 9.59. The van der Waals surface area contributed by atoms with Crippen molar-refractivity contribution in [3.8, 4) is 0 Å². The average molecular weight is 367 g/mol. The predicted molar refractivity (Wildman–Crippen MR) is 98.1 cm³/mol. The van der Waals surface area contributed by atoms with Crippen molar-refractivity contribution >= 4 is 38.9 Å². The summed E-state index contributed by atoms with van der Waals surface area (Å²) in [5.41, 5.74) is 1.93. The number of sulfonamides is 1. The van der Waals surface area contributed by atoms with Crippen LogP contribution in [0.1, 0.15) is 12.0 Å². The van der Waals surface area contributed by atoms with Crippen molar-refractivity contribution in [2.24, 2.45) is 0 Å². The number of amides is 1. The lowest BCUT2D eigenvalue weighted by Gasteiger charge is -2.24. The zero-order valence-corrected chi connectivity index (χ0v) is 15.1. The van der Waals surface area contributed by atoms with Crippen LogP contribution in [0.25, 0.3) is 0 Å². The fourth-order valence-electron chi connectivity index (χ4n) is 2.26. The number of carbonyl (C=O) groups is 1. The van der Waals surface area contributed by atoms with Crippen LogP contribution in [0.15, 0.2) is 48.5 Å². The Bertz CT molecular complexity index is 823. The lowest BCUT2D eigenvalue weighted by molar-refractivity contribution is -0.116. The summed E-state index contributed by atoms with van der Waals surface area (Å²) in [6.45, 7) is 1.84. The Hall–Kier alpha value is -2.05. The van der Waals surface area contributed by atoms with Gasteiger partial charge < -0.3 is 5.32 Å². The van der Waals surface area contributed by atoms with E-state index < -0.39 is 10.0 Å². The van der Waals surface area contributed by atoms with Gasteiger partial charge in [-0.25, -0.2) is 8.42 Å². The number of hydrogen-bond acceptors (Lipinski definition) is 3. The van der Waals surface area contributed by atoms with Gasteiger partial charge in [0.1, 0.15) is 0 Å². The van der Waals surface area contributed by atoms with Gasteiger partial charge >= 0.3 is 0 Å². The maximum Gasteiger partial charge on any atom is 0.232 e. The molecule has 0 aliphatic rings. The molecular formula is C17H19ClN2O3S. The van der Waals surface area contributed by atoms with Gasteiger partial charge in [0.05, 0.1) is 11.9 Å². The minimum atomic E-state index is -3.53. The first-order valence-electron chi connectivity index (χ1n) is 7.36. The van der Waals surface area contributed by atoms with E-state index in [9.17, 15) is 13.2 Å². The molecule has 7 heteroatoms. The van der Waals surface area contributed by atoms with E-state index in [2.05, 4.69) is 5.32 Å². The highest BCUT2D eigenvalue weighted by atomic mass is 35.5.